The number of carbonyl (C=O) groups is 2. The van der Waals surface area contributed by atoms with Gasteiger partial charge >= 0.3 is 11.9 Å². The van der Waals surface area contributed by atoms with Crippen LogP contribution >= 0.6 is 0 Å². The Kier molecular flexibility index (Phi) is 3.76. The smallest absolute Gasteiger partial charge is 0.316 e. The molecule has 2 bridgehead atoms. The van der Waals surface area contributed by atoms with Gasteiger partial charge < -0.3 is 19.3 Å². The molecule has 0 amide bonds. The summed E-state index contributed by atoms with van der Waals surface area (Å²) in [6, 6.07) is 2.79. The van der Waals surface area contributed by atoms with Gasteiger partial charge in [0.25, 0.3) is 0 Å². The van der Waals surface area contributed by atoms with E-state index < -0.39 is 17.8 Å². The van der Waals surface area contributed by atoms with Crippen LogP contribution in [0.5, 0.6) is 11.6 Å². The van der Waals surface area contributed by atoms with Crippen LogP contribution in [0.4, 0.5) is 0 Å². The van der Waals surface area contributed by atoms with Gasteiger partial charge in [0.1, 0.15) is 11.9 Å². The van der Waals surface area contributed by atoms with E-state index in [1.54, 1.807) is 0 Å². The fraction of sp³-hybridized carbons (Fsp3) is 0.500. The van der Waals surface area contributed by atoms with Crippen LogP contribution < -0.4 is 4.74 Å². The summed E-state index contributed by atoms with van der Waals surface area (Å²) in [5.41, 5.74) is 0.871. The Morgan fingerprint density at radius 3 is 2.92 bits per heavy atom. The summed E-state index contributed by atoms with van der Waals surface area (Å²) >= 11 is 0. The van der Waals surface area contributed by atoms with Crippen LogP contribution in [0.1, 0.15) is 13.3 Å². The summed E-state index contributed by atoms with van der Waals surface area (Å²) in [6.45, 7) is 6.05. The number of esters is 2. The molecule has 1 N–H and O–H groups in total. The summed E-state index contributed by atoms with van der Waals surface area (Å²) < 4.78 is 16.7. The van der Waals surface area contributed by atoms with Gasteiger partial charge in [0.05, 0.1) is 30.7 Å². The topological polar surface area (TPSA) is 95.0 Å². The molecule has 25 heavy (non-hydrogen) atoms. The number of pyridine rings is 1. The highest BCUT2D eigenvalue weighted by Crippen LogP contribution is 2.58. The average Bonchev–Trinajstić information content (AvgIpc) is 3.17. The van der Waals surface area contributed by atoms with Crippen molar-refractivity contribution in [3.8, 4) is 11.6 Å². The molecule has 3 aliphatic rings. The number of hydrogen-bond acceptors (Lipinski definition) is 7. The lowest BCUT2D eigenvalue weighted by Gasteiger charge is -2.30. The molecule has 0 spiro atoms. The Balaban J connectivity index is 1.54. The lowest BCUT2D eigenvalue weighted by molar-refractivity contribution is -0.150. The van der Waals surface area contributed by atoms with Crippen molar-refractivity contribution >= 4 is 11.9 Å². The summed E-state index contributed by atoms with van der Waals surface area (Å²) in [5.74, 6) is -1.96. The van der Waals surface area contributed by atoms with Gasteiger partial charge in [0.2, 0.25) is 5.88 Å². The summed E-state index contributed by atoms with van der Waals surface area (Å²) in [6.07, 6.45) is 1.32. The van der Waals surface area contributed by atoms with Crippen LogP contribution in [-0.2, 0) is 19.1 Å². The number of carbonyl (C=O) groups excluding carboxylic acids is 2. The van der Waals surface area contributed by atoms with Crippen molar-refractivity contribution in [2.24, 2.45) is 23.7 Å². The van der Waals surface area contributed by atoms with Crippen molar-refractivity contribution in [2.45, 2.75) is 25.6 Å². The highest BCUT2D eigenvalue weighted by molar-refractivity contribution is 5.86. The molecule has 7 nitrogen and oxygen atoms in total. The van der Waals surface area contributed by atoms with E-state index in [-0.39, 0.29) is 41.6 Å². The van der Waals surface area contributed by atoms with Crippen LogP contribution in [0.3, 0.4) is 0 Å². The Morgan fingerprint density at radius 2 is 2.24 bits per heavy atom. The van der Waals surface area contributed by atoms with Crippen LogP contribution in [0.2, 0.25) is 0 Å². The first kappa shape index (κ1) is 16.1. The molecule has 4 rings (SSSR count). The van der Waals surface area contributed by atoms with Gasteiger partial charge in [-0.3, -0.25) is 9.59 Å². The van der Waals surface area contributed by atoms with Gasteiger partial charge in [-0.05, 0) is 19.4 Å². The Hall–Kier alpha value is -2.41. The molecule has 1 saturated heterocycles. The highest BCUT2D eigenvalue weighted by atomic mass is 16.6. The van der Waals surface area contributed by atoms with Crippen molar-refractivity contribution < 1.29 is 28.9 Å². The maximum atomic E-state index is 12.7. The van der Waals surface area contributed by atoms with E-state index in [0.29, 0.717) is 13.0 Å². The third-order valence-corrected chi connectivity index (χ3v) is 5.27. The van der Waals surface area contributed by atoms with Gasteiger partial charge in [-0.25, -0.2) is 4.98 Å². The van der Waals surface area contributed by atoms with Crippen molar-refractivity contribution in [1.82, 2.24) is 4.98 Å². The summed E-state index contributed by atoms with van der Waals surface area (Å²) in [4.78, 5) is 28.8. The zero-order valence-corrected chi connectivity index (χ0v) is 13.8. The summed E-state index contributed by atoms with van der Waals surface area (Å²) in [5, 5.41) is 9.26. The van der Waals surface area contributed by atoms with Gasteiger partial charge in [0.15, 0.2) is 0 Å². The van der Waals surface area contributed by atoms with Gasteiger partial charge in [0, 0.05) is 17.9 Å². The van der Waals surface area contributed by atoms with Crippen molar-refractivity contribution in [1.29, 1.82) is 0 Å². The van der Waals surface area contributed by atoms with Crippen LogP contribution in [0.15, 0.2) is 30.5 Å². The zero-order valence-electron chi connectivity index (χ0n) is 13.8. The average molecular weight is 345 g/mol. The minimum absolute atomic E-state index is 0.00190. The normalized spacial score (nSPS) is 34.8. The molecule has 0 aromatic carbocycles. The molecule has 0 radical (unpaired) electrons. The van der Waals surface area contributed by atoms with Gasteiger partial charge in [-0.2, -0.15) is 0 Å². The second-order valence-electron chi connectivity index (χ2n) is 7.02. The van der Waals surface area contributed by atoms with E-state index in [0.717, 1.165) is 5.57 Å². The molecule has 6 atom stereocenters. The molecule has 2 saturated carbocycles. The van der Waals surface area contributed by atoms with Crippen LogP contribution in [0, 0.1) is 23.7 Å². The number of nitrogens with zero attached hydrogens (tertiary/aromatic N) is 1. The van der Waals surface area contributed by atoms with Crippen molar-refractivity contribution in [2.75, 3.05) is 6.61 Å². The van der Waals surface area contributed by atoms with E-state index in [2.05, 4.69) is 11.6 Å². The second-order valence-corrected chi connectivity index (χ2v) is 7.02. The molecule has 1 aliphatic heterocycles. The minimum Gasteiger partial charge on any atom is -0.506 e. The standard InChI is InChI=1S/C18H19NO6/c1-8(2)7-23-15-10-5-11-14(18(22)25-16(11)15)13(10)17(21)24-12-4-3-9(20)6-19-12/h3-4,6,10-11,13-16,20H,1,5,7H2,2H3. The molecule has 6 unspecified atom stereocenters. The number of ether oxygens (including phenoxy) is 3. The molecule has 3 fully saturated rings. The first-order chi connectivity index (χ1) is 12.0. The Labute approximate surface area is 144 Å². The first-order valence-corrected chi connectivity index (χ1v) is 8.29. The van der Waals surface area contributed by atoms with E-state index in [4.69, 9.17) is 14.2 Å². The molecule has 1 aromatic heterocycles. The second kappa shape index (κ2) is 5.84. The predicted octanol–water partition coefficient (Wildman–Crippen LogP) is 1.46. The molecule has 1 aromatic rings. The lowest BCUT2D eigenvalue weighted by Crippen LogP contribution is -2.43. The maximum Gasteiger partial charge on any atom is 0.316 e. The lowest BCUT2D eigenvalue weighted by atomic mass is 9.78. The maximum absolute atomic E-state index is 12.7. The number of rotatable bonds is 5. The molecule has 2 heterocycles. The third-order valence-electron chi connectivity index (χ3n) is 5.27. The quantitative estimate of drug-likeness (QED) is 0.637. The van der Waals surface area contributed by atoms with E-state index in [9.17, 15) is 14.7 Å². The Bertz CT molecular complexity index is 730. The fourth-order valence-corrected chi connectivity index (χ4v) is 4.38. The molecule has 7 heteroatoms. The highest BCUT2D eigenvalue weighted by Gasteiger charge is 2.69. The van der Waals surface area contributed by atoms with Gasteiger partial charge in [-0.1, -0.05) is 12.2 Å². The van der Waals surface area contributed by atoms with Gasteiger partial charge in [-0.15, -0.1) is 0 Å². The molecule has 2 aliphatic carbocycles. The molecular formula is C18H19NO6. The number of aromatic nitrogens is 1. The monoisotopic (exact) mass is 345 g/mol. The largest absolute Gasteiger partial charge is 0.506 e. The SMILES string of the molecule is C=C(C)COC1C2CC3C1OC(=O)C3C2C(=O)Oc1ccc(O)cn1. The van der Waals surface area contributed by atoms with E-state index >= 15 is 0 Å². The van der Waals surface area contributed by atoms with E-state index in [1.165, 1.54) is 18.3 Å². The number of fused-ring (bicyclic) bond motifs is 1. The first-order valence-electron chi connectivity index (χ1n) is 8.29. The van der Waals surface area contributed by atoms with Crippen molar-refractivity contribution in [3.05, 3.63) is 30.5 Å². The van der Waals surface area contributed by atoms with Crippen LogP contribution in [0.25, 0.3) is 0 Å². The minimum atomic E-state index is -0.595. The fourth-order valence-electron chi connectivity index (χ4n) is 4.38. The van der Waals surface area contributed by atoms with E-state index in [1.807, 2.05) is 6.92 Å². The third kappa shape index (κ3) is 2.59. The summed E-state index contributed by atoms with van der Waals surface area (Å²) in [7, 11) is 0. The zero-order chi connectivity index (χ0) is 17.7. The molecule has 132 valence electrons. The number of hydrogen-bond donors (Lipinski definition) is 1. The van der Waals surface area contributed by atoms with Crippen LogP contribution in [-0.4, -0.2) is 40.8 Å². The molecular weight excluding hydrogens is 326 g/mol. The van der Waals surface area contributed by atoms with Crippen molar-refractivity contribution in [3.63, 3.8) is 0 Å². The Morgan fingerprint density at radius 1 is 1.44 bits per heavy atom. The predicted molar refractivity (Wildman–Crippen MR) is 84.5 cm³/mol. The number of aromatic hydroxyl groups is 1.